The molecule has 0 aromatic carbocycles. The van der Waals surface area contributed by atoms with Crippen molar-refractivity contribution < 1.29 is 10.2 Å². The summed E-state index contributed by atoms with van der Waals surface area (Å²) in [5, 5.41) is 17.9. The van der Waals surface area contributed by atoms with Crippen LogP contribution in [0.5, 0.6) is 0 Å². The molecule has 0 heterocycles. The molecule has 0 aliphatic carbocycles. The summed E-state index contributed by atoms with van der Waals surface area (Å²) in [6.07, 6.45) is 25.4. The highest BCUT2D eigenvalue weighted by molar-refractivity contribution is 4.82. The predicted octanol–water partition coefficient (Wildman–Crippen LogP) is 6.05. The molecule has 0 saturated carbocycles. The number of aliphatic hydroxyl groups excluding tert-OH is 2. The van der Waals surface area contributed by atoms with Crippen LogP contribution in [0.4, 0.5) is 0 Å². The lowest BCUT2D eigenvalue weighted by Gasteiger charge is -2.19. The first kappa shape index (κ1) is 25.5. The van der Waals surface area contributed by atoms with E-state index in [4.69, 9.17) is 10.2 Å². The van der Waals surface area contributed by atoms with Gasteiger partial charge in [0.15, 0.2) is 0 Å². The summed E-state index contributed by atoms with van der Waals surface area (Å²) < 4.78 is 0. The minimum absolute atomic E-state index is 0.238. The highest BCUT2D eigenvalue weighted by Gasteiger charge is 1.98. The summed E-state index contributed by atoms with van der Waals surface area (Å²) in [7, 11) is 0. The van der Waals surface area contributed by atoms with E-state index in [2.05, 4.69) is 24.1 Å². The molecule has 0 rings (SSSR count). The van der Waals surface area contributed by atoms with Crippen LogP contribution in [0.3, 0.4) is 0 Å². The van der Waals surface area contributed by atoms with Gasteiger partial charge in [0, 0.05) is 26.3 Å². The Morgan fingerprint density at radius 2 is 1.00 bits per heavy atom. The van der Waals surface area contributed by atoms with Crippen molar-refractivity contribution in [3.63, 3.8) is 0 Å². The van der Waals surface area contributed by atoms with Crippen molar-refractivity contribution >= 4 is 0 Å². The van der Waals surface area contributed by atoms with Crippen LogP contribution in [0.2, 0.25) is 0 Å². The van der Waals surface area contributed by atoms with E-state index in [0.717, 1.165) is 32.4 Å². The first-order valence-electron chi connectivity index (χ1n) is 11.5. The SMILES string of the molecule is CCCCCCCCCCCCCCCC=CN(CCCO)CCCO. The molecule has 3 nitrogen and oxygen atoms in total. The van der Waals surface area contributed by atoms with Gasteiger partial charge in [-0.05, 0) is 31.9 Å². The van der Waals surface area contributed by atoms with Gasteiger partial charge in [-0.2, -0.15) is 0 Å². The molecule has 0 saturated heterocycles. The van der Waals surface area contributed by atoms with E-state index in [1.807, 2.05) is 0 Å². The maximum absolute atomic E-state index is 8.94. The molecule has 3 heteroatoms. The molecule has 0 aliphatic heterocycles. The number of aliphatic hydroxyl groups is 2. The zero-order valence-corrected chi connectivity index (χ0v) is 17.6. The molecule has 156 valence electrons. The highest BCUT2D eigenvalue weighted by Crippen LogP contribution is 2.13. The van der Waals surface area contributed by atoms with Gasteiger partial charge in [0.05, 0.1) is 0 Å². The summed E-state index contributed by atoms with van der Waals surface area (Å²) in [6, 6.07) is 0. The molecule has 0 atom stereocenters. The van der Waals surface area contributed by atoms with E-state index >= 15 is 0 Å². The summed E-state index contributed by atoms with van der Waals surface area (Å²) >= 11 is 0. The third-order valence-electron chi connectivity index (χ3n) is 5.00. The second kappa shape index (κ2) is 22.5. The Kier molecular flexibility index (Phi) is 22.0. The fourth-order valence-corrected chi connectivity index (χ4v) is 3.31. The van der Waals surface area contributed by atoms with Crippen molar-refractivity contribution in [1.82, 2.24) is 4.90 Å². The molecule has 26 heavy (non-hydrogen) atoms. The molecule has 2 N–H and O–H groups in total. The van der Waals surface area contributed by atoms with Gasteiger partial charge in [-0.3, -0.25) is 0 Å². The third-order valence-corrected chi connectivity index (χ3v) is 5.00. The topological polar surface area (TPSA) is 43.7 Å². The Morgan fingerprint density at radius 1 is 0.577 bits per heavy atom. The average molecular weight is 370 g/mol. The van der Waals surface area contributed by atoms with Crippen LogP contribution >= 0.6 is 0 Å². The van der Waals surface area contributed by atoms with E-state index in [-0.39, 0.29) is 13.2 Å². The zero-order chi connectivity index (χ0) is 19.1. The molecule has 0 spiro atoms. The lowest BCUT2D eigenvalue weighted by molar-refractivity contribution is 0.236. The maximum Gasteiger partial charge on any atom is 0.0447 e. The van der Waals surface area contributed by atoms with Gasteiger partial charge in [0.25, 0.3) is 0 Å². The smallest absolute Gasteiger partial charge is 0.0447 e. The molecule has 0 aromatic rings. The molecule has 0 unspecified atom stereocenters. The van der Waals surface area contributed by atoms with Crippen LogP contribution in [0.1, 0.15) is 110 Å². The van der Waals surface area contributed by atoms with Gasteiger partial charge < -0.3 is 15.1 Å². The Balaban J connectivity index is 3.37. The van der Waals surface area contributed by atoms with Gasteiger partial charge in [-0.25, -0.2) is 0 Å². The number of hydrogen-bond donors (Lipinski definition) is 2. The van der Waals surface area contributed by atoms with E-state index in [1.54, 1.807) is 0 Å². The first-order chi connectivity index (χ1) is 12.8. The van der Waals surface area contributed by atoms with Gasteiger partial charge in [0.2, 0.25) is 0 Å². The summed E-state index contributed by atoms with van der Waals surface area (Å²) in [4.78, 5) is 2.22. The molecule has 0 radical (unpaired) electrons. The number of rotatable bonds is 21. The van der Waals surface area contributed by atoms with E-state index in [1.165, 1.54) is 83.5 Å². The highest BCUT2D eigenvalue weighted by atomic mass is 16.3. The second-order valence-corrected chi connectivity index (χ2v) is 7.61. The predicted molar refractivity (Wildman–Crippen MR) is 114 cm³/mol. The van der Waals surface area contributed by atoms with Crippen molar-refractivity contribution in [1.29, 1.82) is 0 Å². The molecule has 0 fully saturated rings. The summed E-state index contributed by atoms with van der Waals surface area (Å²) in [6.45, 7) is 4.52. The number of allylic oxidation sites excluding steroid dienone is 1. The summed E-state index contributed by atoms with van der Waals surface area (Å²) in [5.41, 5.74) is 0. The summed E-state index contributed by atoms with van der Waals surface area (Å²) in [5.74, 6) is 0. The third kappa shape index (κ3) is 19.8. The largest absolute Gasteiger partial charge is 0.396 e. The van der Waals surface area contributed by atoms with Crippen LogP contribution in [-0.4, -0.2) is 41.4 Å². The Morgan fingerprint density at radius 3 is 1.42 bits per heavy atom. The standard InChI is InChI=1S/C23H47NO2/c1-2-3-4-5-6-7-8-9-10-11-12-13-14-15-16-19-24(20-17-22-25)21-18-23-26/h16,19,25-26H,2-15,17-18,20-23H2,1H3. The Hall–Kier alpha value is -0.540. The number of unbranched alkanes of at least 4 members (excludes halogenated alkanes) is 13. The molecule has 0 aliphatic rings. The van der Waals surface area contributed by atoms with Crippen LogP contribution < -0.4 is 0 Å². The van der Waals surface area contributed by atoms with Gasteiger partial charge in [0.1, 0.15) is 0 Å². The van der Waals surface area contributed by atoms with Crippen molar-refractivity contribution in [3.8, 4) is 0 Å². The van der Waals surface area contributed by atoms with Crippen LogP contribution in [-0.2, 0) is 0 Å². The quantitative estimate of drug-likeness (QED) is 0.242. The Labute approximate surface area is 163 Å². The number of nitrogens with zero attached hydrogens (tertiary/aromatic N) is 1. The first-order valence-corrected chi connectivity index (χ1v) is 11.5. The fourth-order valence-electron chi connectivity index (χ4n) is 3.31. The fraction of sp³-hybridized carbons (Fsp3) is 0.913. The maximum atomic E-state index is 8.94. The monoisotopic (exact) mass is 369 g/mol. The van der Waals surface area contributed by atoms with Gasteiger partial charge >= 0.3 is 0 Å². The lowest BCUT2D eigenvalue weighted by atomic mass is 10.0. The molecule has 0 aromatic heterocycles. The average Bonchev–Trinajstić information content (AvgIpc) is 2.66. The van der Waals surface area contributed by atoms with E-state index < -0.39 is 0 Å². The minimum Gasteiger partial charge on any atom is -0.396 e. The normalized spacial score (nSPS) is 11.5. The molecular weight excluding hydrogens is 322 g/mol. The lowest BCUT2D eigenvalue weighted by Crippen LogP contribution is -2.21. The zero-order valence-electron chi connectivity index (χ0n) is 17.6. The van der Waals surface area contributed by atoms with Crippen LogP contribution in [0.25, 0.3) is 0 Å². The van der Waals surface area contributed by atoms with Gasteiger partial charge in [-0.1, -0.05) is 90.0 Å². The van der Waals surface area contributed by atoms with Crippen LogP contribution in [0, 0.1) is 0 Å². The van der Waals surface area contributed by atoms with Crippen molar-refractivity contribution in [3.05, 3.63) is 12.3 Å². The molecular formula is C23H47NO2. The van der Waals surface area contributed by atoms with E-state index in [9.17, 15) is 0 Å². The molecule has 0 amide bonds. The van der Waals surface area contributed by atoms with Crippen molar-refractivity contribution in [2.24, 2.45) is 0 Å². The van der Waals surface area contributed by atoms with Crippen molar-refractivity contribution in [2.75, 3.05) is 26.3 Å². The number of hydrogen-bond acceptors (Lipinski definition) is 3. The Bertz CT molecular complexity index is 273. The van der Waals surface area contributed by atoms with Gasteiger partial charge in [-0.15, -0.1) is 0 Å². The second-order valence-electron chi connectivity index (χ2n) is 7.61. The van der Waals surface area contributed by atoms with E-state index in [0.29, 0.717) is 0 Å². The molecule has 0 bridgehead atoms. The van der Waals surface area contributed by atoms with Crippen LogP contribution in [0.15, 0.2) is 12.3 Å². The van der Waals surface area contributed by atoms with Crippen molar-refractivity contribution in [2.45, 2.75) is 110 Å². The minimum atomic E-state index is 0.238.